The highest BCUT2D eigenvalue weighted by atomic mass is 19.1. The summed E-state index contributed by atoms with van der Waals surface area (Å²) in [5, 5.41) is 12.9. The third-order valence-corrected chi connectivity index (χ3v) is 3.72. The first kappa shape index (κ1) is 12.4. The minimum atomic E-state index is -0.299. The molecule has 0 bridgehead atoms. The first-order chi connectivity index (χ1) is 8.09. The lowest BCUT2D eigenvalue weighted by Gasteiger charge is -2.23. The molecule has 1 saturated carbocycles. The van der Waals surface area contributed by atoms with Crippen LogP contribution in [0.2, 0.25) is 0 Å². The molecule has 3 heteroatoms. The lowest BCUT2D eigenvalue weighted by Crippen LogP contribution is -2.29. The molecule has 1 aromatic rings. The summed E-state index contributed by atoms with van der Waals surface area (Å²) in [6.45, 7) is 3.75. The number of hydrogen-bond donors (Lipinski definition) is 2. The first-order valence-electron chi connectivity index (χ1n) is 6.27. The molecule has 1 fully saturated rings. The Kier molecular flexibility index (Phi) is 3.67. The van der Waals surface area contributed by atoms with Crippen LogP contribution >= 0.6 is 0 Å². The van der Waals surface area contributed by atoms with Crippen molar-refractivity contribution in [3.8, 4) is 5.75 Å². The van der Waals surface area contributed by atoms with Gasteiger partial charge in [0.1, 0.15) is 11.6 Å². The van der Waals surface area contributed by atoms with E-state index >= 15 is 0 Å². The minimum absolute atomic E-state index is 0.162. The Labute approximate surface area is 102 Å². The summed E-state index contributed by atoms with van der Waals surface area (Å²) >= 11 is 0. The topological polar surface area (TPSA) is 32.3 Å². The van der Waals surface area contributed by atoms with Gasteiger partial charge in [0.2, 0.25) is 0 Å². The number of phenols is 1. The lowest BCUT2D eigenvalue weighted by atomic mass is 9.89. The molecule has 0 atom stereocenters. The zero-order valence-electron chi connectivity index (χ0n) is 10.3. The smallest absolute Gasteiger partial charge is 0.123 e. The van der Waals surface area contributed by atoms with Crippen molar-refractivity contribution in [2.24, 2.45) is 5.41 Å². The molecule has 17 heavy (non-hydrogen) atoms. The fraction of sp³-hybridized carbons (Fsp3) is 0.571. The van der Waals surface area contributed by atoms with Gasteiger partial charge in [-0.05, 0) is 36.5 Å². The predicted octanol–water partition coefficient (Wildman–Crippen LogP) is 3.20. The van der Waals surface area contributed by atoms with E-state index in [4.69, 9.17) is 0 Å². The molecular formula is C14H20FNO. The number of nitrogens with one attached hydrogen (secondary N) is 1. The number of halogens is 1. The summed E-state index contributed by atoms with van der Waals surface area (Å²) in [5.74, 6) is -0.137. The molecule has 0 aliphatic heterocycles. The second-order valence-electron chi connectivity index (χ2n) is 5.39. The van der Waals surface area contributed by atoms with Gasteiger partial charge in [-0.1, -0.05) is 19.8 Å². The van der Waals surface area contributed by atoms with Crippen LogP contribution in [0.15, 0.2) is 18.2 Å². The summed E-state index contributed by atoms with van der Waals surface area (Å²) in [5.41, 5.74) is 1.01. The van der Waals surface area contributed by atoms with Crippen molar-refractivity contribution in [1.29, 1.82) is 0 Å². The van der Waals surface area contributed by atoms with E-state index in [1.165, 1.54) is 43.9 Å². The number of benzene rings is 1. The van der Waals surface area contributed by atoms with Crippen molar-refractivity contribution in [2.75, 3.05) is 6.54 Å². The zero-order chi connectivity index (χ0) is 12.3. The van der Waals surface area contributed by atoms with Gasteiger partial charge in [-0.3, -0.25) is 0 Å². The molecule has 0 heterocycles. The molecule has 2 rings (SSSR count). The Morgan fingerprint density at radius 1 is 1.35 bits per heavy atom. The van der Waals surface area contributed by atoms with Crippen molar-refractivity contribution in [3.05, 3.63) is 29.6 Å². The largest absolute Gasteiger partial charge is 0.508 e. The molecule has 1 aromatic carbocycles. The fourth-order valence-electron chi connectivity index (χ4n) is 2.60. The van der Waals surface area contributed by atoms with Crippen molar-refractivity contribution in [1.82, 2.24) is 5.32 Å². The summed E-state index contributed by atoms with van der Waals surface area (Å²) in [7, 11) is 0. The summed E-state index contributed by atoms with van der Waals surface area (Å²) in [6, 6.07) is 4.07. The van der Waals surface area contributed by atoms with Crippen molar-refractivity contribution < 1.29 is 9.50 Å². The Hall–Kier alpha value is -1.09. The molecule has 0 amide bonds. The summed E-state index contributed by atoms with van der Waals surface area (Å²) in [4.78, 5) is 0. The quantitative estimate of drug-likeness (QED) is 0.842. The maximum absolute atomic E-state index is 13.0. The van der Waals surface area contributed by atoms with E-state index in [9.17, 15) is 9.50 Å². The molecule has 0 unspecified atom stereocenters. The van der Waals surface area contributed by atoms with Crippen molar-refractivity contribution in [3.63, 3.8) is 0 Å². The van der Waals surface area contributed by atoms with Crippen LogP contribution in [0.25, 0.3) is 0 Å². The zero-order valence-corrected chi connectivity index (χ0v) is 10.3. The van der Waals surface area contributed by atoms with Gasteiger partial charge >= 0.3 is 0 Å². The molecule has 0 aromatic heterocycles. The van der Waals surface area contributed by atoms with E-state index in [1.807, 2.05) is 0 Å². The number of aromatic hydroxyl groups is 1. The van der Waals surface area contributed by atoms with Crippen LogP contribution in [0.4, 0.5) is 4.39 Å². The van der Waals surface area contributed by atoms with Gasteiger partial charge in [0.05, 0.1) is 0 Å². The molecule has 1 aliphatic carbocycles. The molecule has 0 saturated heterocycles. The molecule has 0 spiro atoms. The van der Waals surface area contributed by atoms with Crippen molar-refractivity contribution >= 4 is 0 Å². The Morgan fingerprint density at radius 2 is 2.06 bits per heavy atom. The van der Waals surface area contributed by atoms with Gasteiger partial charge < -0.3 is 10.4 Å². The highest BCUT2D eigenvalue weighted by Crippen LogP contribution is 2.36. The van der Waals surface area contributed by atoms with Crippen LogP contribution < -0.4 is 5.32 Å². The van der Waals surface area contributed by atoms with Gasteiger partial charge in [-0.2, -0.15) is 0 Å². The Bertz CT molecular complexity index is 386. The van der Waals surface area contributed by atoms with Crippen LogP contribution in [0, 0.1) is 11.2 Å². The molecular weight excluding hydrogens is 217 g/mol. The molecule has 2 N–H and O–H groups in total. The van der Waals surface area contributed by atoms with Gasteiger partial charge in [-0.15, -0.1) is 0 Å². The minimum Gasteiger partial charge on any atom is -0.508 e. The molecule has 2 nitrogen and oxygen atoms in total. The normalized spacial score (nSPS) is 18.5. The third-order valence-electron chi connectivity index (χ3n) is 3.72. The lowest BCUT2D eigenvalue weighted by molar-refractivity contribution is 0.313. The summed E-state index contributed by atoms with van der Waals surface area (Å²) in [6.07, 6.45) is 5.14. The van der Waals surface area contributed by atoms with E-state index in [0.717, 1.165) is 6.54 Å². The van der Waals surface area contributed by atoms with E-state index in [0.29, 0.717) is 17.5 Å². The van der Waals surface area contributed by atoms with Crippen LogP contribution in [-0.2, 0) is 6.54 Å². The highest BCUT2D eigenvalue weighted by Gasteiger charge is 2.27. The first-order valence-corrected chi connectivity index (χ1v) is 6.27. The van der Waals surface area contributed by atoms with Crippen LogP contribution in [0.1, 0.15) is 38.2 Å². The number of hydrogen-bond acceptors (Lipinski definition) is 2. The van der Waals surface area contributed by atoms with E-state index in [1.54, 1.807) is 0 Å². The molecule has 94 valence electrons. The average Bonchev–Trinajstić information content (AvgIpc) is 2.71. The number of rotatable bonds is 4. The highest BCUT2D eigenvalue weighted by molar-refractivity contribution is 5.32. The van der Waals surface area contributed by atoms with E-state index in [2.05, 4.69) is 12.2 Å². The fourth-order valence-corrected chi connectivity index (χ4v) is 2.60. The standard InChI is InChI=1S/C14H20FNO/c1-14(6-2-3-7-14)10-16-9-11-8-12(15)4-5-13(11)17/h4-5,8,16-17H,2-3,6-7,9-10H2,1H3. The van der Waals surface area contributed by atoms with Crippen molar-refractivity contribution in [2.45, 2.75) is 39.2 Å². The Morgan fingerprint density at radius 3 is 2.76 bits per heavy atom. The third kappa shape index (κ3) is 3.19. The van der Waals surface area contributed by atoms with E-state index in [-0.39, 0.29) is 11.6 Å². The van der Waals surface area contributed by atoms with Crippen LogP contribution in [0.3, 0.4) is 0 Å². The SMILES string of the molecule is CC1(CNCc2cc(F)ccc2O)CCCC1. The summed E-state index contributed by atoms with van der Waals surface area (Å²) < 4.78 is 13.0. The maximum atomic E-state index is 13.0. The maximum Gasteiger partial charge on any atom is 0.123 e. The van der Waals surface area contributed by atoms with Crippen LogP contribution in [-0.4, -0.2) is 11.7 Å². The second-order valence-corrected chi connectivity index (χ2v) is 5.39. The van der Waals surface area contributed by atoms with Gasteiger partial charge in [0.25, 0.3) is 0 Å². The van der Waals surface area contributed by atoms with Gasteiger partial charge in [0, 0.05) is 18.7 Å². The molecule has 0 radical (unpaired) electrons. The monoisotopic (exact) mass is 237 g/mol. The second kappa shape index (κ2) is 5.05. The number of phenolic OH excluding ortho intramolecular Hbond substituents is 1. The van der Waals surface area contributed by atoms with Gasteiger partial charge in [0.15, 0.2) is 0 Å². The average molecular weight is 237 g/mol. The van der Waals surface area contributed by atoms with Gasteiger partial charge in [-0.25, -0.2) is 4.39 Å². The van der Waals surface area contributed by atoms with E-state index < -0.39 is 0 Å². The molecule has 1 aliphatic rings. The Balaban J connectivity index is 1.87. The predicted molar refractivity (Wildman–Crippen MR) is 66.3 cm³/mol. The van der Waals surface area contributed by atoms with Crippen LogP contribution in [0.5, 0.6) is 5.75 Å².